The number of aliphatic carboxylic acids is 1. The van der Waals surface area contributed by atoms with Crippen LogP contribution < -0.4 is 0 Å². The van der Waals surface area contributed by atoms with E-state index < -0.39 is 17.9 Å². The van der Waals surface area contributed by atoms with E-state index in [9.17, 15) is 14.4 Å². The molecule has 29 heavy (non-hydrogen) atoms. The largest absolute Gasteiger partial charge is 0.481 e. The molecule has 0 radical (unpaired) electrons. The van der Waals surface area contributed by atoms with Crippen molar-refractivity contribution in [3.8, 4) is 0 Å². The number of carboxylic acids is 1. The molecule has 3 rings (SSSR count). The Morgan fingerprint density at radius 1 is 0.724 bits per heavy atom. The zero-order valence-corrected chi connectivity index (χ0v) is 16.7. The summed E-state index contributed by atoms with van der Waals surface area (Å²) < 4.78 is 16.4. The molecule has 2 aliphatic rings. The van der Waals surface area contributed by atoms with Crippen molar-refractivity contribution in [2.24, 2.45) is 5.92 Å². The standard InChI is InChI=1S/C22H28O7/c1-27-17-10-12-19(13-11-17)29-22(26)16-4-2-15(3-5-16)21(25)28-18-8-6-14(7-9-18)20(23)24/h2-5,14,17-19H,6-13H2,1H3,(H,23,24). The molecule has 1 N–H and O–H groups in total. The van der Waals surface area contributed by atoms with Crippen molar-refractivity contribution in [2.75, 3.05) is 7.11 Å². The highest BCUT2D eigenvalue weighted by Crippen LogP contribution is 2.27. The van der Waals surface area contributed by atoms with Crippen LogP contribution in [-0.2, 0) is 19.0 Å². The van der Waals surface area contributed by atoms with Gasteiger partial charge in [0.05, 0.1) is 23.1 Å². The van der Waals surface area contributed by atoms with Crippen molar-refractivity contribution in [1.82, 2.24) is 0 Å². The smallest absolute Gasteiger partial charge is 0.338 e. The fourth-order valence-corrected chi connectivity index (χ4v) is 3.99. The third-order valence-corrected chi connectivity index (χ3v) is 5.88. The summed E-state index contributed by atoms with van der Waals surface area (Å²) >= 11 is 0. The summed E-state index contributed by atoms with van der Waals surface area (Å²) in [6, 6.07) is 6.26. The average molecular weight is 404 g/mol. The van der Waals surface area contributed by atoms with Gasteiger partial charge in [0.1, 0.15) is 12.2 Å². The van der Waals surface area contributed by atoms with Crippen molar-refractivity contribution in [1.29, 1.82) is 0 Å². The molecule has 0 unspecified atom stereocenters. The van der Waals surface area contributed by atoms with Gasteiger partial charge in [-0.05, 0) is 75.6 Å². The monoisotopic (exact) mass is 404 g/mol. The zero-order valence-electron chi connectivity index (χ0n) is 16.7. The molecule has 2 fully saturated rings. The summed E-state index contributed by atoms with van der Waals surface area (Å²) in [5, 5.41) is 9.03. The van der Waals surface area contributed by atoms with Gasteiger partial charge >= 0.3 is 17.9 Å². The minimum atomic E-state index is -0.788. The summed E-state index contributed by atoms with van der Waals surface area (Å²) in [7, 11) is 1.70. The molecule has 0 saturated heterocycles. The molecule has 0 aromatic heterocycles. The topological polar surface area (TPSA) is 99.1 Å². The van der Waals surface area contributed by atoms with Gasteiger partial charge in [0, 0.05) is 7.11 Å². The highest BCUT2D eigenvalue weighted by molar-refractivity contribution is 5.93. The Labute approximate surface area is 170 Å². The van der Waals surface area contributed by atoms with E-state index in [4.69, 9.17) is 19.3 Å². The fraction of sp³-hybridized carbons (Fsp3) is 0.591. The SMILES string of the molecule is COC1CCC(OC(=O)c2ccc(C(=O)OC3CCC(C(=O)O)CC3)cc2)CC1. The van der Waals surface area contributed by atoms with Crippen LogP contribution in [0.5, 0.6) is 0 Å². The Balaban J connectivity index is 1.47. The van der Waals surface area contributed by atoms with Gasteiger partial charge in [-0.25, -0.2) is 9.59 Å². The van der Waals surface area contributed by atoms with E-state index >= 15 is 0 Å². The van der Waals surface area contributed by atoms with Crippen molar-refractivity contribution < 1.29 is 33.7 Å². The van der Waals surface area contributed by atoms with E-state index in [1.165, 1.54) is 0 Å². The molecule has 2 aliphatic carbocycles. The van der Waals surface area contributed by atoms with Crippen LogP contribution in [0, 0.1) is 5.92 Å². The molecule has 0 aliphatic heterocycles. The van der Waals surface area contributed by atoms with Crippen LogP contribution in [-0.4, -0.2) is 48.4 Å². The molecule has 7 nitrogen and oxygen atoms in total. The van der Waals surface area contributed by atoms with Crippen LogP contribution in [0.15, 0.2) is 24.3 Å². The molecule has 0 bridgehead atoms. The molecular weight excluding hydrogens is 376 g/mol. The molecule has 0 atom stereocenters. The normalized spacial score (nSPS) is 27.1. The second kappa shape index (κ2) is 9.87. The van der Waals surface area contributed by atoms with Gasteiger partial charge in [0.2, 0.25) is 0 Å². The number of carbonyl (C=O) groups excluding carboxylic acids is 2. The molecule has 0 heterocycles. The Morgan fingerprint density at radius 3 is 1.48 bits per heavy atom. The summed E-state index contributed by atoms with van der Waals surface area (Å²) in [6.07, 6.45) is 5.38. The number of carbonyl (C=O) groups is 3. The van der Waals surface area contributed by atoms with Crippen LogP contribution in [0.2, 0.25) is 0 Å². The molecule has 0 amide bonds. The quantitative estimate of drug-likeness (QED) is 0.723. The Morgan fingerprint density at radius 2 is 1.10 bits per heavy atom. The van der Waals surface area contributed by atoms with Gasteiger partial charge in [0.15, 0.2) is 0 Å². The summed E-state index contributed by atoms with van der Waals surface area (Å²) in [4.78, 5) is 35.6. The van der Waals surface area contributed by atoms with E-state index in [0.717, 1.165) is 25.7 Å². The number of benzene rings is 1. The maximum Gasteiger partial charge on any atom is 0.338 e. The number of hydrogen-bond acceptors (Lipinski definition) is 6. The maximum atomic E-state index is 12.3. The summed E-state index contributed by atoms with van der Waals surface area (Å²) in [5.74, 6) is -1.98. The molecule has 1 aromatic rings. The number of esters is 2. The summed E-state index contributed by atoms with van der Waals surface area (Å²) in [5.41, 5.74) is 0.764. The van der Waals surface area contributed by atoms with Crippen LogP contribution in [0.1, 0.15) is 72.1 Å². The third kappa shape index (κ3) is 5.79. The zero-order chi connectivity index (χ0) is 20.8. The second-order valence-corrected chi connectivity index (χ2v) is 7.83. The van der Waals surface area contributed by atoms with E-state index in [2.05, 4.69) is 0 Å². The lowest BCUT2D eigenvalue weighted by molar-refractivity contribution is -0.143. The van der Waals surface area contributed by atoms with E-state index in [0.29, 0.717) is 36.8 Å². The van der Waals surface area contributed by atoms with Gasteiger partial charge in [-0.2, -0.15) is 0 Å². The van der Waals surface area contributed by atoms with Gasteiger partial charge in [-0.3, -0.25) is 4.79 Å². The highest BCUT2D eigenvalue weighted by atomic mass is 16.5. The fourth-order valence-electron chi connectivity index (χ4n) is 3.99. The molecular formula is C22H28O7. The first-order valence-electron chi connectivity index (χ1n) is 10.2. The molecule has 158 valence electrons. The van der Waals surface area contributed by atoms with E-state index in [1.54, 1.807) is 31.4 Å². The lowest BCUT2D eigenvalue weighted by Gasteiger charge is -2.27. The number of carboxylic acid groups (broad SMARTS) is 1. The van der Waals surface area contributed by atoms with Crippen LogP contribution >= 0.6 is 0 Å². The van der Waals surface area contributed by atoms with E-state index in [-0.39, 0.29) is 24.2 Å². The van der Waals surface area contributed by atoms with Gasteiger partial charge < -0.3 is 19.3 Å². The van der Waals surface area contributed by atoms with Crippen molar-refractivity contribution in [3.63, 3.8) is 0 Å². The first-order valence-corrected chi connectivity index (χ1v) is 10.2. The van der Waals surface area contributed by atoms with Gasteiger partial charge in [0.25, 0.3) is 0 Å². The Hall–Kier alpha value is -2.41. The summed E-state index contributed by atoms with van der Waals surface area (Å²) in [6.45, 7) is 0. The van der Waals surface area contributed by atoms with Crippen molar-refractivity contribution in [3.05, 3.63) is 35.4 Å². The maximum absolute atomic E-state index is 12.3. The lowest BCUT2D eigenvalue weighted by atomic mass is 9.87. The van der Waals surface area contributed by atoms with Gasteiger partial charge in [-0.1, -0.05) is 0 Å². The predicted octanol–water partition coefficient (Wildman–Crippen LogP) is 3.60. The number of methoxy groups -OCH3 is 1. The first-order chi connectivity index (χ1) is 14.0. The molecule has 1 aromatic carbocycles. The molecule has 2 saturated carbocycles. The minimum Gasteiger partial charge on any atom is -0.481 e. The Bertz CT molecular complexity index is 711. The van der Waals surface area contributed by atoms with E-state index in [1.807, 2.05) is 0 Å². The van der Waals surface area contributed by atoms with Crippen molar-refractivity contribution in [2.45, 2.75) is 69.7 Å². The van der Waals surface area contributed by atoms with Gasteiger partial charge in [-0.15, -0.1) is 0 Å². The van der Waals surface area contributed by atoms with Crippen LogP contribution in [0.4, 0.5) is 0 Å². The number of ether oxygens (including phenoxy) is 3. The minimum absolute atomic E-state index is 0.0977. The van der Waals surface area contributed by atoms with Crippen LogP contribution in [0.3, 0.4) is 0 Å². The van der Waals surface area contributed by atoms with Crippen molar-refractivity contribution >= 4 is 17.9 Å². The molecule has 7 heteroatoms. The van der Waals surface area contributed by atoms with Crippen LogP contribution in [0.25, 0.3) is 0 Å². The predicted molar refractivity (Wildman–Crippen MR) is 104 cm³/mol. The number of hydrogen-bond donors (Lipinski definition) is 1. The molecule has 0 spiro atoms. The second-order valence-electron chi connectivity index (χ2n) is 7.83. The average Bonchev–Trinajstić information content (AvgIpc) is 2.74. The Kier molecular flexibility index (Phi) is 7.25. The highest BCUT2D eigenvalue weighted by Gasteiger charge is 2.28. The lowest BCUT2D eigenvalue weighted by Crippen LogP contribution is -2.28. The third-order valence-electron chi connectivity index (χ3n) is 5.88. The first kappa shape index (κ1) is 21.3. The number of rotatable bonds is 6.